The smallest absolute Gasteiger partial charge is 0.155 e. The first-order valence-electron chi connectivity index (χ1n) is 14.4. The van der Waals surface area contributed by atoms with Crippen molar-refractivity contribution in [1.29, 1.82) is 0 Å². The van der Waals surface area contributed by atoms with E-state index in [1.165, 1.54) is 46.9 Å². The van der Waals surface area contributed by atoms with E-state index in [-0.39, 0.29) is 0 Å². The average Bonchev–Trinajstić information content (AvgIpc) is 3.86. The Labute approximate surface area is 292 Å². The van der Waals surface area contributed by atoms with Gasteiger partial charge in [0.25, 0.3) is 0 Å². The van der Waals surface area contributed by atoms with Gasteiger partial charge < -0.3 is 0 Å². The van der Waals surface area contributed by atoms with Gasteiger partial charge in [-0.2, -0.15) is 0 Å². The third-order valence-electron chi connectivity index (χ3n) is 8.00. The first kappa shape index (κ1) is 28.9. The van der Waals surface area contributed by atoms with E-state index >= 15 is 0 Å². The third kappa shape index (κ3) is 4.89. The van der Waals surface area contributed by atoms with Gasteiger partial charge in [-0.15, -0.1) is 45.3 Å². The highest BCUT2D eigenvalue weighted by Crippen LogP contribution is 2.45. The van der Waals surface area contributed by atoms with Crippen molar-refractivity contribution < 1.29 is 17.6 Å². The van der Waals surface area contributed by atoms with E-state index in [1.807, 2.05) is 12.1 Å². The summed E-state index contributed by atoms with van der Waals surface area (Å²) in [7, 11) is 0. The van der Waals surface area contributed by atoms with Crippen molar-refractivity contribution in [2.24, 2.45) is 0 Å². The lowest BCUT2D eigenvalue weighted by molar-refractivity contribution is 0.583. The summed E-state index contributed by atoms with van der Waals surface area (Å²) in [5, 5.41) is 6.15. The molecule has 0 atom stereocenters. The van der Waals surface area contributed by atoms with Crippen molar-refractivity contribution in [3.63, 3.8) is 0 Å². The van der Waals surface area contributed by atoms with Gasteiger partial charge in [0.15, 0.2) is 9.66 Å². The van der Waals surface area contributed by atoms with Crippen LogP contribution < -0.4 is 0 Å². The standard InChI is InChI=1S/C36H14F4N2S6/c37-21-1-15(2-22(38)13-21)25-5-17-7-29-19(9-27(17)43-25)11-31(45-29)33-41-35-36(47-33)42-34(48-35)32-12-20-10-28-18(8-30(20)46-32)6-26(44-28)16-3-23(39)14-24(40)4-16/h1-14H. The number of fused-ring (bicyclic) bond motifs is 5. The molecule has 0 aliphatic carbocycles. The number of aromatic nitrogens is 2. The van der Waals surface area contributed by atoms with E-state index in [1.54, 1.807) is 45.3 Å². The lowest BCUT2D eigenvalue weighted by Crippen LogP contribution is -1.81. The second kappa shape index (κ2) is 10.7. The molecule has 0 N–H and O–H groups in total. The van der Waals surface area contributed by atoms with Crippen LogP contribution in [-0.2, 0) is 0 Å². The van der Waals surface area contributed by atoms with Gasteiger partial charge in [0.2, 0.25) is 0 Å². The number of halogens is 4. The van der Waals surface area contributed by atoms with Crippen molar-refractivity contribution in [1.82, 2.24) is 9.97 Å². The van der Waals surface area contributed by atoms with Crippen LogP contribution in [0.15, 0.2) is 84.9 Å². The van der Waals surface area contributed by atoms with Crippen molar-refractivity contribution in [3.8, 4) is 40.7 Å². The van der Waals surface area contributed by atoms with E-state index < -0.39 is 23.3 Å². The molecule has 10 rings (SSSR count). The van der Waals surface area contributed by atoms with Crippen molar-refractivity contribution in [2.45, 2.75) is 0 Å². The van der Waals surface area contributed by atoms with Gasteiger partial charge in [-0.3, -0.25) is 0 Å². The fourth-order valence-corrected chi connectivity index (χ4v) is 12.4. The first-order chi connectivity index (χ1) is 23.3. The highest BCUT2D eigenvalue weighted by molar-refractivity contribution is 7.33. The topological polar surface area (TPSA) is 25.8 Å². The minimum Gasteiger partial charge on any atom is -0.222 e. The molecule has 0 amide bonds. The SMILES string of the molecule is Fc1cc(F)cc(-c2cc3cc4sc(-c5nc6sc(-c7cc8cc9sc(-c%10cc(F)cc(F)c%10)cc9cc8s7)nc6s5)cc4cc3s2)c1. The molecule has 0 radical (unpaired) electrons. The Balaban J connectivity index is 0.944. The minimum atomic E-state index is -0.583. The van der Waals surface area contributed by atoms with Crippen LogP contribution in [0, 0.1) is 23.3 Å². The fraction of sp³-hybridized carbons (Fsp3) is 0. The number of benzene rings is 4. The molecule has 0 aliphatic rings. The monoisotopic (exact) mass is 742 g/mol. The zero-order chi connectivity index (χ0) is 32.3. The van der Waals surface area contributed by atoms with Crippen LogP contribution in [0.4, 0.5) is 17.6 Å². The van der Waals surface area contributed by atoms with Crippen molar-refractivity contribution >= 4 is 118 Å². The third-order valence-corrected chi connectivity index (χ3v) is 14.9. The van der Waals surface area contributed by atoms with Crippen LogP contribution in [0.5, 0.6) is 0 Å². The molecular weight excluding hydrogens is 729 g/mol. The maximum Gasteiger partial charge on any atom is 0.155 e. The number of nitrogens with zero attached hydrogens (tertiary/aromatic N) is 2. The van der Waals surface area contributed by atoms with Crippen LogP contribution >= 0.6 is 68.0 Å². The maximum atomic E-state index is 13.8. The lowest BCUT2D eigenvalue weighted by atomic mass is 10.1. The quantitative estimate of drug-likeness (QED) is 0.168. The number of thiophene rings is 4. The van der Waals surface area contributed by atoms with Crippen LogP contribution in [-0.4, -0.2) is 9.97 Å². The number of thiazole rings is 2. The van der Waals surface area contributed by atoms with Gasteiger partial charge in [0.05, 0.1) is 9.75 Å². The largest absolute Gasteiger partial charge is 0.222 e. The second-order valence-electron chi connectivity index (χ2n) is 11.3. The molecule has 6 heterocycles. The summed E-state index contributed by atoms with van der Waals surface area (Å²) in [6.07, 6.45) is 0. The molecular formula is C36H14F4N2S6. The van der Waals surface area contributed by atoms with E-state index in [9.17, 15) is 17.6 Å². The Hall–Kier alpha value is -4.04. The van der Waals surface area contributed by atoms with Gasteiger partial charge in [0.1, 0.15) is 33.3 Å². The summed E-state index contributed by atoms with van der Waals surface area (Å²) in [6, 6.07) is 24.0. The molecule has 0 bridgehead atoms. The van der Waals surface area contributed by atoms with Crippen LogP contribution in [0.2, 0.25) is 0 Å². The molecule has 10 aromatic rings. The molecule has 12 heteroatoms. The predicted octanol–water partition coefficient (Wildman–Crippen LogP) is 13.8. The maximum absolute atomic E-state index is 13.8. The molecule has 0 unspecified atom stereocenters. The zero-order valence-corrected chi connectivity index (χ0v) is 28.8. The molecule has 0 aliphatic heterocycles. The summed E-state index contributed by atoms with van der Waals surface area (Å²) in [5.41, 5.74) is 1.08. The Morgan fingerprint density at radius 1 is 0.333 bits per heavy atom. The zero-order valence-electron chi connectivity index (χ0n) is 23.9. The minimum absolute atomic E-state index is 0.540. The van der Waals surface area contributed by atoms with Crippen molar-refractivity contribution in [3.05, 3.63) is 108 Å². The number of hydrogen-bond donors (Lipinski definition) is 0. The summed E-state index contributed by atoms with van der Waals surface area (Å²) in [6.45, 7) is 0. The number of rotatable bonds is 4. The molecule has 6 aromatic heterocycles. The van der Waals surface area contributed by atoms with Gasteiger partial charge >= 0.3 is 0 Å². The summed E-state index contributed by atoms with van der Waals surface area (Å²) in [5.74, 6) is -2.33. The summed E-state index contributed by atoms with van der Waals surface area (Å²) >= 11 is 9.56. The Kier molecular flexibility index (Phi) is 6.47. The lowest BCUT2D eigenvalue weighted by Gasteiger charge is -1.97. The van der Waals surface area contributed by atoms with E-state index in [0.29, 0.717) is 11.1 Å². The Morgan fingerprint density at radius 2 is 0.646 bits per heavy atom. The number of hydrogen-bond acceptors (Lipinski definition) is 8. The molecule has 48 heavy (non-hydrogen) atoms. The van der Waals surface area contributed by atoms with Crippen LogP contribution in [0.1, 0.15) is 0 Å². The molecule has 2 nitrogen and oxygen atoms in total. The molecule has 0 saturated carbocycles. The van der Waals surface area contributed by atoms with E-state index in [4.69, 9.17) is 9.97 Å². The Bertz CT molecular complexity index is 2550. The first-order valence-corrected chi connectivity index (χ1v) is 19.3. The molecule has 0 saturated heterocycles. The molecule has 0 fully saturated rings. The molecule has 0 spiro atoms. The average molecular weight is 743 g/mol. The van der Waals surface area contributed by atoms with Gasteiger partial charge in [0, 0.05) is 40.7 Å². The van der Waals surface area contributed by atoms with Crippen LogP contribution in [0.3, 0.4) is 0 Å². The summed E-state index contributed by atoms with van der Waals surface area (Å²) in [4.78, 5) is 15.5. The summed E-state index contributed by atoms with van der Waals surface area (Å²) < 4.78 is 59.6. The van der Waals surface area contributed by atoms with E-state index in [2.05, 4.69) is 36.4 Å². The molecule has 4 aromatic carbocycles. The highest BCUT2D eigenvalue weighted by atomic mass is 32.1. The van der Waals surface area contributed by atoms with E-state index in [0.717, 1.165) is 91.7 Å². The van der Waals surface area contributed by atoms with Gasteiger partial charge in [-0.05, 0) is 105 Å². The van der Waals surface area contributed by atoms with Crippen molar-refractivity contribution in [2.75, 3.05) is 0 Å². The van der Waals surface area contributed by atoms with Gasteiger partial charge in [-0.1, -0.05) is 22.7 Å². The second-order valence-corrected chi connectivity index (χ2v) is 17.6. The normalized spacial score (nSPS) is 12.2. The predicted molar refractivity (Wildman–Crippen MR) is 198 cm³/mol. The molecule has 232 valence electrons. The highest BCUT2D eigenvalue weighted by Gasteiger charge is 2.18. The van der Waals surface area contributed by atoms with Gasteiger partial charge in [-0.25, -0.2) is 27.5 Å². The fourth-order valence-electron chi connectivity index (χ4n) is 5.88. The Morgan fingerprint density at radius 3 is 1.00 bits per heavy atom. The van der Waals surface area contributed by atoms with Crippen LogP contribution in [0.25, 0.3) is 90.7 Å².